The third kappa shape index (κ3) is 4.34. The van der Waals surface area contributed by atoms with Crippen molar-refractivity contribution in [1.82, 2.24) is 5.32 Å². The van der Waals surface area contributed by atoms with E-state index in [9.17, 15) is 4.79 Å². The van der Waals surface area contributed by atoms with E-state index in [-0.39, 0.29) is 12.3 Å². The Morgan fingerprint density at radius 2 is 2.27 bits per heavy atom. The predicted molar refractivity (Wildman–Crippen MR) is 41.5 cm³/mol. The van der Waals surface area contributed by atoms with Crippen molar-refractivity contribution in [2.24, 2.45) is 5.73 Å². The summed E-state index contributed by atoms with van der Waals surface area (Å²) in [5.41, 5.74) is 4.94. The monoisotopic (exact) mass is 155 g/mol. The number of carbonyl (C=O) groups excluding carboxylic acids is 1. The molecule has 1 amide bonds. The molecular weight excluding hydrogens is 142 g/mol. The van der Waals surface area contributed by atoms with Crippen LogP contribution in [0.4, 0.5) is 0 Å². The number of amides is 1. The van der Waals surface area contributed by atoms with Gasteiger partial charge in [-0.1, -0.05) is 0 Å². The first-order chi connectivity index (χ1) is 5.02. The van der Waals surface area contributed by atoms with Gasteiger partial charge in [-0.25, -0.2) is 0 Å². The fraction of sp³-hybridized carbons (Fsp3) is 0.714. The molecule has 4 heteroatoms. The molecule has 0 unspecified atom stereocenters. The van der Waals surface area contributed by atoms with Gasteiger partial charge in [-0.15, -0.1) is 0 Å². The molecule has 0 bridgehead atoms. The molecule has 0 aromatic heterocycles. The molecule has 0 spiro atoms. The van der Waals surface area contributed by atoms with Gasteiger partial charge >= 0.3 is 0 Å². The molecule has 62 valence electrons. The minimum atomic E-state index is -0.409. The number of rotatable bonds is 3. The molecule has 0 radical (unpaired) electrons. The Morgan fingerprint density at radius 3 is 2.64 bits per heavy atom. The van der Waals surface area contributed by atoms with Crippen molar-refractivity contribution in [1.29, 1.82) is 5.26 Å². The van der Waals surface area contributed by atoms with Crippen LogP contribution in [0.5, 0.6) is 0 Å². The Balaban J connectivity index is 3.86. The Morgan fingerprint density at radius 1 is 1.73 bits per heavy atom. The zero-order chi connectivity index (χ0) is 8.91. The molecule has 0 heterocycles. The van der Waals surface area contributed by atoms with Crippen LogP contribution >= 0.6 is 0 Å². The first kappa shape index (κ1) is 9.92. The number of nitrogens with one attached hydrogen (secondary N) is 1. The van der Waals surface area contributed by atoms with Gasteiger partial charge in [0, 0.05) is 12.1 Å². The highest BCUT2D eigenvalue weighted by Crippen LogP contribution is 1.98. The highest BCUT2D eigenvalue weighted by Gasteiger charge is 2.17. The van der Waals surface area contributed by atoms with E-state index in [1.807, 2.05) is 13.8 Å². The Hall–Kier alpha value is -1.08. The maximum Gasteiger partial charge on any atom is 0.234 e. The summed E-state index contributed by atoms with van der Waals surface area (Å²) in [6, 6.07) is 1.76. The molecule has 0 aromatic rings. The lowest BCUT2D eigenvalue weighted by molar-refractivity contribution is -0.121. The summed E-state index contributed by atoms with van der Waals surface area (Å²) in [5, 5.41) is 10.8. The third-order valence-electron chi connectivity index (χ3n) is 1.23. The third-order valence-corrected chi connectivity index (χ3v) is 1.23. The quantitative estimate of drug-likeness (QED) is 0.590. The second-order valence-corrected chi connectivity index (χ2v) is 2.97. The summed E-state index contributed by atoms with van der Waals surface area (Å²) in [4.78, 5) is 10.8. The summed E-state index contributed by atoms with van der Waals surface area (Å²) < 4.78 is 0. The summed E-state index contributed by atoms with van der Waals surface area (Å²) >= 11 is 0. The number of nitrogens with zero attached hydrogens (tertiary/aromatic N) is 1. The second kappa shape index (κ2) is 3.94. The lowest BCUT2D eigenvalue weighted by atomic mass is 10.1. The number of nitriles is 1. The number of hydrogen-bond donors (Lipinski definition) is 2. The van der Waals surface area contributed by atoms with Gasteiger partial charge in [-0.3, -0.25) is 4.79 Å². The average Bonchev–Trinajstić information content (AvgIpc) is 1.87. The molecule has 0 aliphatic carbocycles. The van der Waals surface area contributed by atoms with Crippen LogP contribution in [-0.2, 0) is 4.79 Å². The van der Waals surface area contributed by atoms with E-state index in [1.54, 1.807) is 6.07 Å². The lowest BCUT2D eigenvalue weighted by Crippen LogP contribution is -2.48. The van der Waals surface area contributed by atoms with Gasteiger partial charge in [0.05, 0.1) is 6.07 Å². The fourth-order valence-corrected chi connectivity index (χ4v) is 0.544. The SMILES string of the molecule is CC(C)(CN)NC(=O)CC#N. The average molecular weight is 155 g/mol. The smallest absolute Gasteiger partial charge is 0.234 e. The van der Waals surface area contributed by atoms with Crippen LogP contribution in [0, 0.1) is 11.3 Å². The maximum absolute atomic E-state index is 10.8. The van der Waals surface area contributed by atoms with Crippen molar-refractivity contribution in [2.45, 2.75) is 25.8 Å². The van der Waals surface area contributed by atoms with Gasteiger partial charge in [0.25, 0.3) is 0 Å². The van der Waals surface area contributed by atoms with E-state index in [2.05, 4.69) is 5.32 Å². The van der Waals surface area contributed by atoms with Crippen molar-refractivity contribution < 1.29 is 4.79 Å². The van der Waals surface area contributed by atoms with Crippen LogP contribution < -0.4 is 11.1 Å². The first-order valence-electron chi connectivity index (χ1n) is 3.40. The largest absolute Gasteiger partial charge is 0.349 e. The van der Waals surface area contributed by atoms with Gasteiger partial charge in [0.2, 0.25) is 5.91 Å². The van der Waals surface area contributed by atoms with E-state index in [0.29, 0.717) is 6.54 Å². The molecule has 0 saturated carbocycles. The van der Waals surface area contributed by atoms with Crippen LogP contribution in [0.3, 0.4) is 0 Å². The molecule has 0 aromatic carbocycles. The maximum atomic E-state index is 10.8. The molecule has 4 nitrogen and oxygen atoms in total. The molecule has 0 aliphatic rings. The van der Waals surface area contributed by atoms with E-state index in [0.717, 1.165) is 0 Å². The van der Waals surface area contributed by atoms with Crippen molar-refractivity contribution >= 4 is 5.91 Å². The van der Waals surface area contributed by atoms with Gasteiger partial charge in [0.1, 0.15) is 6.42 Å². The Kier molecular flexibility index (Phi) is 3.55. The zero-order valence-electron chi connectivity index (χ0n) is 6.85. The molecule has 0 saturated heterocycles. The summed E-state index contributed by atoms with van der Waals surface area (Å²) in [6.45, 7) is 3.98. The van der Waals surface area contributed by atoms with Crippen molar-refractivity contribution in [3.05, 3.63) is 0 Å². The molecular formula is C7H13N3O. The van der Waals surface area contributed by atoms with Crippen LogP contribution in [0.25, 0.3) is 0 Å². The first-order valence-corrected chi connectivity index (χ1v) is 3.40. The van der Waals surface area contributed by atoms with E-state index < -0.39 is 5.54 Å². The highest BCUT2D eigenvalue weighted by atomic mass is 16.1. The molecule has 0 aliphatic heterocycles. The van der Waals surface area contributed by atoms with E-state index >= 15 is 0 Å². The topological polar surface area (TPSA) is 78.9 Å². The number of nitrogens with two attached hydrogens (primary N) is 1. The Labute approximate surface area is 66.4 Å². The number of hydrogen-bond acceptors (Lipinski definition) is 3. The minimum absolute atomic E-state index is 0.108. The Bertz CT molecular complexity index is 181. The van der Waals surface area contributed by atoms with E-state index in [1.165, 1.54) is 0 Å². The molecule has 0 atom stereocenters. The molecule has 0 fully saturated rings. The van der Waals surface area contributed by atoms with Gasteiger partial charge < -0.3 is 11.1 Å². The molecule has 0 rings (SSSR count). The van der Waals surface area contributed by atoms with E-state index in [4.69, 9.17) is 11.0 Å². The minimum Gasteiger partial charge on any atom is -0.349 e. The number of carbonyl (C=O) groups is 1. The van der Waals surface area contributed by atoms with Crippen molar-refractivity contribution in [3.63, 3.8) is 0 Å². The zero-order valence-corrected chi connectivity index (χ0v) is 6.85. The summed E-state index contributed by atoms with van der Waals surface area (Å²) in [5.74, 6) is -0.275. The van der Waals surface area contributed by atoms with Gasteiger partial charge in [-0.05, 0) is 13.8 Å². The fourth-order valence-electron chi connectivity index (χ4n) is 0.544. The lowest BCUT2D eigenvalue weighted by Gasteiger charge is -2.23. The van der Waals surface area contributed by atoms with Crippen LogP contribution in [-0.4, -0.2) is 18.0 Å². The second-order valence-electron chi connectivity index (χ2n) is 2.97. The van der Waals surface area contributed by atoms with Gasteiger partial charge in [0.15, 0.2) is 0 Å². The molecule has 11 heavy (non-hydrogen) atoms. The van der Waals surface area contributed by atoms with Crippen LogP contribution in [0.1, 0.15) is 20.3 Å². The molecule has 3 N–H and O–H groups in total. The van der Waals surface area contributed by atoms with Crippen molar-refractivity contribution in [3.8, 4) is 6.07 Å². The van der Waals surface area contributed by atoms with Crippen LogP contribution in [0.15, 0.2) is 0 Å². The normalized spacial score (nSPS) is 10.4. The highest BCUT2D eigenvalue weighted by molar-refractivity contribution is 5.78. The summed E-state index contributed by atoms with van der Waals surface area (Å²) in [7, 11) is 0. The van der Waals surface area contributed by atoms with Crippen molar-refractivity contribution in [2.75, 3.05) is 6.54 Å². The predicted octanol–water partition coefficient (Wildman–Crippen LogP) is -0.246. The summed E-state index contributed by atoms with van der Waals surface area (Å²) in [6.07, 6.45) is -0.108. The standard InChI is InChI=1S/C7H13N3O/c1-7(2,5-9)10-6(11)3-4-8/h3,5,9H2,1-2H3,(H,10,11). The van der Waals surface area contributed by atoms with Gasteiger partial charge in [-0.2, -0.15) is 5.26 Å². The van der Waals surface area contributed by atoms with Crippen LogP contribution in [0.2, 0.25) is 0 Å².